The molecule has 2 N–H and O–H groups in total. The number of carbonyl (C=O) groups excluding carboxylic acids is 1. The molecule has 0 atom stereocenters. The number of carbonyl (C=O) groups is 1. The van der Waals surface area contributed by atoms with Crippen molar-refractivity contribution in [1.29, 1.82) is 0 Å². The fraction of sp³-hybridized carbons (Fsp3) is 0.350. The van der Waals surface area contributed by atoms with Gasteiger partial charge in [-0.2, -0.15) is 0 Å². The summed E-state index contributed by atoms with van der Waals surface area (Å²) >= 11 is 0. The minimum Gasteiger partial charge on any atom is -0.493 e. The van der Waals surface area contributed by atoms with Crippen LogP contribution in [0.2, 0.25) is 0 Å². The topological polar surface area (TPSA) is 58.6 Å². The van der Waals surface area contributed by atoms with Crippen LogP contribution >= 0.6 is 0 Å². The molecule has 0 saturated heterocycles. The molecule has 0 spiro atoms. The molecule has 2 aliphatic rings. The molecule has 24 heavy (non-hydrogen) atoms. The molecule has 0 unspecified atom stereocenters. The van der Waals surface area contributed by atoms with Crippen LogP contribution in [-0.4, -0.2) is 17.6 Å². The molecule has 2 aromatic carbocycles. The molecule has 0 aliphatic carbocycles. The predicted molar refractivity (Wildman–Crippen MR) is 93.3 cm³/mol. The number of aryl methyl sites for hydroxylation is 2. The second kappa shape index (κ2) is 5.95. The molecule has 0 saturated carbocycles. The first kappa shape index (κ1) is 15.2. The number of hydrogen-bond donors (Lipinski definition) is 2. The zero-order valence-electron chi connectivity index (χ0n) is 13.8. The molecule has 2 aromatic rings. The molecule has 4 rings (SSSR count). The van der Waals surface area contributed by atoms with Gasteiger partial charge in [0.25, 0.3) is 0 Å². The summed E-state index contributed by atoms with van der Waals surface area (Å²) in [6.45, 7) is 2.79. The number of benzene rings is 2. The van der Waals surface area contributed by atoms with E-state index in [-0.39, 0.29) is 12.5 Å². The Morgan fingerprint density at radius 2 is 2.08 bits per heavy atom. The van der Waals surface area contributed by atoms with Gasteiger partial charge < -0.3 is 15.2 Å². The second-order valence-corrected chi connectivity index (χ2v) is 6.55. The standard InChI is InChI=1S/C20H21NO3/c1-12-9-17-15(5-7-19(23)21-17)16(11-22)20(12)14-4-6-18-13(10-14)3-2-8-24-18/h4,6,9-10,22H,2-3,5,7-8,11H2,1H3,(H,21,23). The number of nitrogens with one attached hydrogen (secondary N) is 1. The Bertz CT molecular complexity index is 826. The van der Waals surface area contributed by atoms with E-state index in [0.717, 1.165) is 58.7 Å². The van der Waals surface area contributed by atoms with Crippen LogP contribution in [0.1, 0.15) is 35.1 Å². The van der Waals surface area contributed by atoms with Crippen LogP contribution in [0.25, 0.3) is 11.1 Å². The Balaban J connectivity index is 1.87. The number of hydrogen-bond acceptors (Lipinski definition) is 3. The lowest BCUT2D eigenvalue weighted by molar-refractivity contribution is -0.116. The Hall–Kier alpha value is -2.33. The van der Waals surface area contributed by atoms with Gasteiger partial charge in [-0.3, -0.25) is 4.79 Å². The first-order valence-corrected chi connectivity index (χ1v) is 8.49. The van der Waals surface area contributed by atoms with Crippen molar-refractivity contribution in [2.45, 2.75) is 39.2 Å². The van der Waals surface area contributed by atoms with Crippen LogP contribution < -0.4 is 10.1 Å². The molecule has 4 nitrogen and oxygen atoms in total. The van der Waals surface area contributed by atoms with Crippen molar-refractivity contribution in [3.8, 4) is 16.9 Å². The number of fused-ring (bicyclic) bond motifs is 2. The minimum absolute atomic E-state index is 0.0250. The number of anilines is 1. The van der Waals surface area contributed by atoms with E-state index in [0.29, 0.717) is 12.8 Å². The number of rotatable bonds is 2. The van der Waals surface area contributed by atoms with E-state index < -0.39 is 0 Å². The lowest BCUT2D eigenvalue weighted by atomic mass is 9.86. The highest BCUT2D eigenvalue weighted by atomic mass is 16.5. The summed E-state index contributed by atoms with van der Waals surface area (Å²) in [5.41, 5.74) is 7.33. The average Bonchev–Trinajstić information content (AvgIpc) is 2.60. The fourth-order valence-corrected chi connectivity index (χ4v) is 3.87. The van der Waals surface area contributed by atoms with E-state index in [4.69, 9.17) is 4.74 Å². The smallest absolute Gasteiger partial charge is 0.224 e. The molecule has 124 valence electrons. The number of aliphatic hydroxyl groups is 1. The molecule has 2 heterocycles. The van der Waals surface area contributed by atoms with Crippen molar-refractivity contribution in [2.75, 3.05) is 11.9 Å². The van der Waals surface area contributed by atoms with Gasteiger partial charge in [-0.25, -0.2) is 0 Å². The summed E-state index contributed by atoms with van der Waals surface area (Å²) in [6.07, 6.45) is 3.22. The second-order valence-electron chi connectivity index (χ2n) is 6.55. The fourth-order valence-electron chi connectivity index (χ4n) is 3.87. The van der Waals surface area contributed by atoms with E-state index in [1.165, 1.54) is 5.56 Å². The zero-order valence-corrected chi connectivity index (χ0v) is 13.8. The summed E-state index contributed by atoms with van der Waals surface area (Å²) < 4.78 is 5.71. The quantitative estimate of drug-likeness (QED) is 0.891. The maximum atomic E-state index is 11.7. The Kier molecular flexibility index (Phi) is 3.77. The maximum Gasteiger partial charge on any atom is 0.224 e. The largest absolute Gasteiger partial charge is 0.493 e. The lowest BCUT2D eigenvalue weighted by Crippen LogP contribution is -2.21. The van der Waals surface area contributed by atoms with E-state index in [1.807, 2.05) is 19.1 Å². The average molecular weight is 323 g/mol. The molecule has 2 aliphatic heterocycles. The highest BCUT2D eigenvalue weighted by Crippen LogP contribution is 2.39. The van der Waals surface area contributed by atoms with Gasteiger partial charge in [0.2, 0.25) is 5.91 Å². The van der Waals surface area contributed by atoms with E-state index in [1.54, 1.807) is 0 Å². The van der Waals surface area contributed by atoms with Crippen molar-refractivity contribution >= 4 is 11.6 Å². The van der Waals surface area contributed by atoms with Crippen molar-refractivity contribution < 1.29 is 14.6 Å². The predicted octanol–water partition coefficient (Wildman–Crippen LogP) is 3.36. The third kappa shape index (κ3) is 2.47. The van der Waals surface area contributed by atoms with E-state index >= 15 is 0 Å². The van der Waals surface area contributed by atoms with Crippen molar-refractivity contribution in [1.82, 2.24) is 0 Å². The summed E-state index contributed by atoms with van der Waals surface area (Å²) in [4.78, 5) is 11.7. The van der Waals surface area contributed by atoms with Crippen molar-refractivity contribution in [3.63, 3.8) is 0 Å². The minimum atomic E-state index is -0.0250. The number of ether oxygens (including phenoxy) is 1. The van der Waals surface area contributed by atoms with Crippen LogP contribution in [0, 0.1) is 6.92 Å². The van der Waals surface area contributed by atoms with Gasteiger partial charge in [0.05, 0.1) is 13.2 Å². The normalized spacial score (nSPS) is 16.0. The first-order chi connectivity index (χ1) is 11.7. The molecule has 0 bridgehead atoms. The highest BCUT2D eigenvalue weighted by Gasteiger charge is 2.23. The van der Waals surface area contributed by atoms with E-state index in [9.17, 15) is 9.90 Å². The molecule has 0 aromatic heterocycles. The zero-order chi connectivity index (χ0) is 16.7. The molecular weight excluding hydrogens is 302 g/mol. The number of amides is 1. The molecule has 0 radical (unpaired) electrons. The first-order valence-electron chi connectivity index (χ1n) is 8.49. The Labute approximate surface area is 141 Å². The van der Waals surface area contributed by atoms with Gasteiger partial charge in [0, 0.05) is 12.1 Å². The van der Waals surface area contributed by atoms with E-state index in [2.05, 4.69) is 17.4 Å². The highest BCUT2D eigenvalue weighted by molar-refractivity contribution is 5.95. The molecular formula is C20H21NO3. The van der Waals surface area contributed by atoms with Gasteiger partial charge in [-0.15, -0.1) is 0 Å². The van der Waals surface area contributed by atoms with Crippen LogP contribution in [0.5, 0.6) is 5.75 Å². The molecule has 4 heteroatoms. The molecule has 0 fully saturated rings. The van der Waals surface area contributed by atoms with Crippen LogP contribution in [-0.2, 0) is 24.2 Å². The van der Waals surface area contributed by atoms with Gasteiger partial charge in [-0.1, -0.05) is 6.07 Å². The van der Waals surface area contributed by atoms with Gasteiger partial charge in [-0.05, 0) is 77.8 Å². The monoisotopic (exact) mass is 323 g/mol. The van der Waals surface area contributed by atoms with Crippen LogP contribution in [0.3, 0.4) is 0 Å². The third-order valence-electron chi connectivity index (χ3n) is 4.98. The van der Waals surface area contributed by atoms with Crippen LogP contribution in [0.4, 0.5) is 5.69 Å². The lowest BCUT2D eigenvalue weighted by Gasteiger charge is -2.25. The Morgan fingerprint density at radius 1 is 1.21 bits per heavy atom. The summed E-state index contributed by atoms with van der Waals surface area (Å²) in [7, 11) is 0. The molecule has 1 amide bonds. The SMILES string of the molecule is Cc1cc2c(c(CO)c1-c1ccc3c(c1)CCCO3)CCC(=O)N2. The van der Waals surface area contributed by atoms with Gasteiger partial charge >= 0.3 is 0 Å². The summed E-state index contributed by atoms with van der Waals surface area (Å²) in [5, 5.41) is 13.0. The maximum absolute atomic E-state index is 11.7. The van der Waals surface area contributed by atoms with Crippen molar-refractivity contribution in [3.05, 3.63) is 46.5 Å². The summed E-state index contributed by atoms with van der Waals surface area (Å²) in [6, 6.07) is 8.31. The third-order valence-corrected chi connectivity index (χ3v) is 4.98. The van der Waals surface area contributed by atoms with Gasteiger partial charge in [0.1, 0.15) is 5.75 Å². The summed E-state index contributed by atoms with van der Waals surface area (Å²) in [5.74, 6) is 1.02. The van der Waals surface area contributed by atoms with Crippen LogP contribution in [0.15, 0.2) is 24.3 Å². The van der Waals surface area contributed by atoms with Gasteiger partial charge in [0.15, 0.2) is 0 Å². The number of aliphatic hydroxyl groups excluding tert-OH is 1. The Morgan fingerprint density at radius 3 is 2.92 bits per heavy atom. The van der Waals surface area contributed by atoms with Crippen molar-refractivity contribution in [2.24, 2.45) is 0 Å².